The SMILES string of the molecule is O=C(CCC1CCCCC1)N1CCN(C(=O)c2ccc3c(c2)OCO3)CC1. The van der Waals surface area contributed by atoms with Crippen LogP contribution in [0.5, 0.6) is 11.5 Å². The smallest absolute Gasteiger partial charge is 0.254 e. The molecule has 1 aliphatic carbocycles. The van der Waals surface area contributed by atoms with E-state index in [2.05, 4.69) is 0 Å². The van der Waals surface area contributed by atoms with E-state index in [1.165, 1.54) is 32.1 Å². The third-order valence-electron chi connectivity index (χ3n) is 6.03. The first-order chi connectivity index (χ1) is 13.2. The largest absolute Gasteiger partial charge is 0.454 e. The van der Waals surface area contributed by atoms with Gasteiger partial charge in [-0.1, -0.05) is 32.1 Å². The average Bonchev–Trinajstić information content (AvgIpc) is 3.20. The van der Waals surface area contributed by atoms with Gasteiger partial charge in [-0.15, -0.1) is 0 Å². The molecule has 1 aromatic rings. The number of piperazine rings is 1. The number of fused-ring (bicyclic) bond motifs is 1. The Hall–Kier alpha value is -2.24. The highest BCUT2D eigenvalue weighted by molar-refractivity contribution is 5.95. The molecule has 3 aliphatic rings. The number of hydrogen-bond acceptors (Lipinski definition) is 4. The van der Waals surface area contributed by atoms with Crippen LogP contribution >= 0.6 is 0 Å². The summed E-state index contributed by atoms with van der Waals surface area (Å²) in [6.45, 7) is 2.62. The highest BCUT2D eigenvalue weighted by Gasteiger charge is 2.26. The second-order valence-electron chi connectivity index (χ2n) is 7.78. The molecule has 6 nitrogen and oxygen atoms in total. The molecule has 2 aliphatic heterocycles. The van der Waals surface area contributed by atoms with Crippen molar-refractivity contribution in [1.82, 2.24) is 9.80 Å². The lowest BCUT2D eigenvalue weighted by Gasteiger charge is -2.35. The molecule has 4 rings (SSSR count). The number of ether oxygens (including phenoxy) is 2. The summed E-state index contributed by atoms with van der Waals surface area (Å²) in [4.78, 5) is 29.0. The normalized spacial score (nSPS) is 20.0. The van der Waals surface area contributed by atoms with Crippen LogP contribution in [-0.2, 0) is 4.79 Å². The highest BCUT2D eigenvalue weighted by Crippen LogP contribution is 2.33. The van der Waals surface area contributed by atoms with Crippen molar-refractivity contribution in [2.24, 2.45) is 5.92 Å². The Bertz CT molecular complexity index is 691. The van der Waals surface area contributed by atoms with E-state index < -0.39 is 0 Å². The molecule has 1 aromatic carbocycles. The van der Waals surface area contributed by atoms with E-state index in [4.69, 9.17) is 9.47 Å². The van der Waals surface area contributed by atoms with Crippen LogP contribution in [0.25, 0.3) is 0 Å². The summed E-state index contributed by atoms with van der Waals surface area (Å²) in [7, 11) is 0. The van der Waals surface area contributed by atoms with Crippen molar-refractivity contribution in [3.8, 4) is 11.5 Å². The van der Waals surface area contributed by atoms with Crippen molar-refractivity contribution in [2.75, 3.05) is 33.0 Å². The van der Waals surface area contributed by atoms with E-state index in [0.29, 0.717) is 49.7 Å². The Kier molecular flexibility index (Phi) is 5.50. The lowest BCUT2D eigenvalue weighted by atomic mass is 9.86. The molecule has 27 heavy (non-hydrogen) atoms. The predicted octanol–water partition coefficient (Wildman–Crippen LogP) is 3.06. The van der Waals surface area contributed by atoms with Gasteiger partial charge < -0.3 is 19.3 Å². The van der Waals surface area contributed by atoms with Crippen molar-refractivity contribution in [1.29, 1.82) is 0 Å². The van der Waals surface area contributed by atoms with Crippen LogP contribution in [-0.4, -0.2) is 54.6 Å². The van der Waals surface area contributed by atoms with E-state index >= 15 is 0 Å². The highest BCUT2D eigenvalue weighted by atomic mass is 16.7. The van der Waals surface area contributed by atoms with Gasteiger partial charge in [0, 0.05) is 38.2 Å². The number of carbonyl (C=O) groups is 2. The van der Waals surface area contributed by atoms with Crippen LogP contribution in [0.4, 0.5) is 0 Å². The Labute approximate surface area is 160 Å². The molecule has 146 valence electrons. The minimum absolute atomic E-state index is 0.0115. The molecule has 0 unspecified atom stereocenters. The van der Waals surface area contributed by atoms with Crippen molar-refractivity contribution in [3.05, 3.63) is 23.8 Å². The van der Waals surface area contributed by atoms with Crippen LogP contribution in [0.2, 0.25) is 0 Å². The molecule has 2 fully saturated rings. The first kappa shape index (κ1) is 18.1. The van der Waals surface area contributed by atoms with Gasteiger partial charge >= 0.3 is 0 Å². The zero-order valence-electron chi connectivity index (χ0n) is 15.8. The summed E-state index contributed by atoms with van der Waals surface area (Å²) in [5, 5.41) is 0. The predicted molar refractivity (Wildman–Crippen MR) is 101 cm³/mol. The summed E-state index contributed by atoms with van der Waals surface area (Å²) < 4.78 is 10.7. The van der Waals surface area contributed by atoms with E-state index in [1.807, 2.05) is 9.80 Å². The van der Waals surface area contributed by atoms with Crippen molar-refractivity contribution in [3.63, 3.8) is 0 Å². The summed E-state index contributed by atoms with van der Waals surface area (Å²) >= 11 is 0. The summed E-state index contributed by atoms with van der Waals surface area (Å²) in [5.41, 5.74) is 0.608. The molecule has 0 aromatic heterocycles. The molecule has 2 amide bonds. The molecule has 0 bridgehead atoms. The van der Waals surface area contributed by atoms with Crippen molar-refractivity contribution in [2.45, 2.75) is 44.9 Å². The number of rotatable bonds is 4. The second-order valence-corrected chi connectivity index (χ2v) is 7.78. The van der Waals surface area contributed by atoms with Gasteiger partial charge in [-0.05, 0) is 30.5 Å². The van der Waals surface area contributed by atoms with Gasteiger partial charge in [0.1, 0.15) is 0 Å². The third kappa shape index (κ3) is 4.20. The topological polar surface area (TPSA) is 59.1 Å². The Morgan fingerprint density at radius 3 is 2.41 bits per heavy atom. The maximum absolute atomic E-state index is 12.7. The number of benzene rings is 1. The summed E-state index contributed by atoms with van der Waals surface area (Å²) in [5.74, 6) is 2.27. The van der Waals surface area contributed by atoms with E-state index in [1.54, 1.807) is 18.2 Å². The number of carbonyl (C=O) groups excluding carboxylic acids is 2. The minimum atomic E-state index is -0.0115. The quantitative estimate of drug-likeness (QED) is 0.815. The molecule has 0 spiro atoms. The molecule has 1 saturated heterocycles. The molecular weight excluding hydrogens is 344 g/mol. The van der Waals surface area contributed by atoms with Gasteiger partial charge in [0.2, 0.25) is 12.7 Å². The van der Waals surface area contributed by atoms with E-state index in [9.17, 15) is 9.59 Å². The molecule has 6 heteroatoms. The van der Waals surface area contributed by atoms with Crippen LogP contribution < -0.4 is 9.47 Å². The fourth-order valence-corrected chi connectivity index (χ4v) is 4.33. The maximum atomic E-state index is 12.7. The minimum Gasteiger partial charge on any atom is -0.454 e. The number of hydrogen-bond donors (Lipinski definition) is 0. The van der Waals surface area contributed by atoms with E-state index in [-0.39, 0.29) is 18.6 Å². The number of amides is 2. The number of nitrogens with zero attached hydrogens (tertiary/aromatic N) is 2. The van der Waals surface area contributed by atoms with Crippen LogP contribution in [0.15, 0.2) is 18.2 Å². The lowest BCUT2D eigenvalue weighted by molar-refractivity contribution is -0.133. The average molecular weight is 372 g/mol. The van der Waals surface area contributed by atoms with Crippen LogP contribution in [0.3, 0.4) is 0 Å². The molecule has 2 heterocycles. The first-order valence-corrected chi connectivity index (χ1v) is 10.2. The Morgan fingerprint density at radius 1 is 0.926 bits per heavy atom. The molecule has 0 atom stereocenters. The maximum Gasteiger partial charge on any atom is 0.254 e. The van der Waals surface area contributed by atoms with Crippen molar-refractivity contribution < 1.29 is 19.1 Å². The lowest BCUT2D eigenvalue weighted by Crippen LogP contribution is -2.50. The van der Waals surface area contributed by atoms with Gasteiger partial charge in [-0.3, -0.25) is 9.59 Å². The van der Waals surface area contributed by atoms with Crippen LogP contribution in [0, 0.1) is 5.92 Å². The molecule has 0 N–H and O–H groups in total. The summed E-state index contributed by atoms with van der Waals surface area (Å²) in [6.07, 6.45) is 8.23. The zero-order valence-corrected chi connectivity index (χ0v) is 15.8. The van der Waals surface area contributed by atoms with E-state index in [0.717, 1.165) is 12.3 Å². The van der Waals surface area contributed by atoms with Crippen LogP contribution in [0.1, 0.15) is 55.3 Å². The zero-order chi connectivity index (χ0) is 18.6. The molecule has 0 radical (unpaired) electrons. The van der Waals surface area contributed by atoms with Gasteiger partial charge in [0.15, 0.2) is 11.5 Å². The standard InChI is InChI=1S/C21H28N2O4/c24-20(9-6-16-4-2-1-3-5-16)22-10-12-23(13-11-22)21(25)17-7-8-18-19(14-17)27-15-26-18/h7-8,14,16H,1-6,9-13,15H2. The Morgan fingerprint density at radius 2 is 1.63 bits per heavy atom. The third-order valence-corrected chi connectivity index (χ3v) is 6.03. The fourth-order valence-electron chi connectivity index (χ4n) is 4.33. The van der Waals surface area contributed by atoms with Gasteiger partial charge in [-0.25, -0.2) is 0 Å². The van der Waals surface area contributed by atoms with Gasteiger partial charge in [-0.2, -0.15) is 0 Å². The second kappa shape index (κ2) is 8.19. The fraction of sp³-hybridized carbons (Fsp3) is 0.619. The van der Waals surface area contributed by atoms with Gasteiger partial charge in [0.25, 0.3) is 5.91 Å². The summed E-state index contributed by atoms with van der Waals surface area (Å²) in [6, 6.07) is 5.30. The molecular formula is C21H28N2O4. The Balaban J connectivity index is 1.25. The first-order valence-electron chi connectivity index (χ1n) is 10.2. The van der Waals surface area contributed by atoms with Gasteiger partial charge in [0.05, 0.1) is 0 Å². The monoisotopic (exact) mass is 372 g/mol. The van der Waals surface area contributed by atoms with Crippen molar-refractivity contribution >= 4 is 11.8 Å². The molecule has 1 saturated carbocycles.